The van der Waals surface area contributed by atoms with Crippen LogP contribution < -0.4 is 10.1 Å². The highest BCUT2D eigenvalue weighted by Gasteiger charge is 1.98. The summed E-state index contributed by atoms with van der Waals surface area (Å²) in [7, 11) is 3.56. The van der Waals surface area contributed by atoms with Gasteiger partial charge in [-0.1, -0.05) is 12.1 Å². The third kappa shape index (κ3) is 2.97. The number of ether oxygens (including phenoxy) is 1. The van der Waals surface area contributed by atoms with Crippen LogP contribution in [0.5, 0.6) is 5.75 Å². The number of rotatable bonds is 4. The molecule has 1 aromatic carbocycles. The third-order valence-corrected chi connectivity index (χ3v) is 2.66. The molecule has 0 atom stereocenters. The molecule has 0 spiro atoms. The van der Waals surface area contributed by atoms with Gasteiger partial charge in [-0.05, 0) is 29.8 Å². The molecule has 0 saturated carbocycles. The number of nitrogens with one attached hydrogen (secondary N) is 1. The Labute approximate surface area is 101 Å². The van der Waals surface area contributed by atoms with Crippen molar-refractivity contribution in [1.29, 1.82) is 0 Å². The normalized spacial score (nSPS) is 10.0. The largest absolute Gasteiger partial charge is 0.497 e. The zero-order chi connectivity index (χ0) is 12.1. The Morgan fingerprint density at radius 2 is 1.88 bits per heavy atom. The van der Waals surface area contributed by atoms with Crippen LogP contribution in [0.3, 0.4) is 0 Å². The molecule has 17 heavy (non-hydrogen) atoms. The molecule has 0 saturated heterocycles. The summed E-state index contributed by atoms with van der Waals surface area (Å²) in [5.74, 6) is 0.882. The standard InChI is InChI=1S/C14H16N2O/c1-15-13-6-5-12(16-10-13)9-11-3-7-14(17-2)8-4-11/h3-8,10,15H,9H2,1-2H3. The monoisotopic (exact) mass is 228 g/mol. The third-order valence-electron chi connectivity index (χ3n) is 2.66. The molecule has 2 aromatic rings. The number of pyridine rings is 1. The van der Waals surface area contributed by atoms with Gasteiger partial charge in [-0.2, -0.15) is 0 Å². The summed E-state index contributed by atoms with van der Waals surface area (Å²) in [6.07, 6.45) is 2.69. The van der Waals surface area contributed by atoms with Crippen LogP contribution in [0.25, 0.3) is 0 Å². The van der Waals surface area contributed by atoms with E-state index in [1.165, 1.54) is 5.56 Å². The molecular weight excluding hydrogens is 212 g/mol. The molecular formula is C14H16N2O. The van der Waals surface area contributed by atoms with Crippen molar-refractivity contribution in [1.82, 2.24) is 4.98 Å². The highest BCUT2D eigenvalue weighted by molar-refractivity contribution is 5.40. The van der Waals surface area contributed by atoms with Crippen LogP contribution in [-0.2, 0) is 6.42 Å². The lowest BCUT2D eigenvalue weighted by Gasteiger charge is -2.04. The number of hydrogen-bond donors (Lipinski definition) is 1. The second-order valence-electron chi connectivity index (χ2n) is 3.81. The molecule has 1 N–H and O–H groups in total. The Kier molecular flexibility index (Phi) is 3.60. The van der Waals surface area contributed by atoms with Crippen LogP contribution in [-0.4, -0.2) is 19.1 Å². The van der Waals surface area contributed by atoms with E-state index in [-0.39, 0.29) is 0 Å². The van der Waals surface area contributed by atoms with E-state index >= 15 is 0 Å². The van der Waals surface area contributed by atoms with Gasteiger partial charge in [0.1, 0.15) is 5.75 Å². The maximum Gasteiger partial charge on any atom is 0.118 e. The van der Waals surface area contributed by atoms with E-state index in [2.05, 4.69) is 22.4 Å². The van der Waals surface area contributed by atoms with Crippen LogP contribution >= 0.6 is 0 Å². The Balaban J connectivity index is 2.08. The minimum absolute atomic E-state index is 0.841. The first-order valence-corrected chi connectivity index (χ1v) is 5.57. The van der Waals surface area contributed by atoms with Crippen molar-refractivity contribution in [2.45, 2.75) is 6.42 Å². The Morgan fingerprint density at radius 1 is 1.12 bits per heavy atom. The summed E-state index contributed by atoms with van der Waals surface area (Å²) in [5, 5.41) is 3.05. The Hall–Kier alpha value is -2.03. The second-order valence-corrected chi connectivity index (χ2v) is 3.81. The van der Waals surface area contributed by atoms with E-state index < -0.39 is 0 Å². The summed E-state index contributed by atoms with van der Waals surface area (Å²) in [4.78, 5) is 4.39. The zero-order valence-electron chi connectivity index (χ0n) is 10.1. The average Bonchev–Trinajstić information content (AvgIpc) is 2.40. The van der Waals surface area contributed by atoms with E-state index in [0.717, 1.165) is 23.6 Å². The smallest absolute Gasteiger partial charge is 0.118 e. The predicted molar refractivity (Wildman–Crippen MR) is 69.6 cm³/mol. The van der Waals surface area contributed by atoms with Gasteiger partial charge in [0.15, 0.2) is 0 Å². The first-order chi connectivity index (χ1) is 8.31. The van der Waals surface area contributed by atoms with Gasteiger partial charge in [0.05, 0.1) is 19.0 Å². The molecule has 3 nitrogen and oxygen atoms in total. The first-order valence-electron chi connectivity index (χ1n) is 5.57. The van der Waals surface area contributed by atoms with Crippen molar-refractivity contribution in [2.24, 2.45) is 0 Å². The number of nitrogens with zero attached hydrogens (tertiary/aromatic N) is 1. The van der Waals surface area contributed by atoms with E-state index in [1.807, 2.05) is 37.5 Å². The number of methoxy groups -OCH3 is 1. The quantitative estimate of drug-likeness (QED) is 0.873. The van der Waals surface area contributed by atoms with E-state index in [4.69, 9.17) is 4.74 Å². The molecule has 2 rings (SSSR count). The fourth-order valence-corrected chi connectivity index (χ4v) is 1.63. The Morgan fingerprint density at radius 3 is 2.41 bits per heavy atom. The molecule has 0 unspecified atom stereocenters. The van der Waals surface area contributed by atoms with Gasteiger partial charge in [0.25, 0.3) is 0 Å². The van der Waals surface area contributed by atoms with Gasteiger partial charge in [0.2, 0.25) is 0 Å². The Bertz CT molecular complexity index is 417. The minimum Gasteiger partial charge on any atom is -0.497 e. The van der Waals surface area contributed by atoms with Gasteiger partial charge < -0.3 is 10.1 Å². The number of benzene rings is 1. The lowest BCUT2D eigenvalue weighted by atomic mass is 10.1. The maximum atomic E-state index is 5.13. The molecule has 1 aromatic heterocycles. The van der Waals surface area contributed by atoms with Crippen LogP contribution in [0.2, 0.25) is 0 Å². The van der Waals surface area contributed by atoms with E-state index in [1.54, 1.807) is 7.11 Å². The molecule has 0 radical (unpaired) electrons. The van der Waals surface area contributed by atoms with Crippen LogP contribution in [0, 0.1) is 0 Å². The van der Waals surface area contributed by atoms with Crippen molar-refractivity contribution < 1.29 is 4.74 Å². The second kappa shape index (κ2) is 5.34. The fraction of sp³-hybridized carbons (Fsp3) is 0.214. The summed E-state index contributed by atoms with van der Waals surface area (Å²) < 4.78 is 5.13. The van der Waals surface area contributed by atoms with Crippen molar-refractivity contribution in [2.75, 3.05) is 19.5 Å². The topological polar surface area (TPSA) is 34.1 Å². The number of anilines is 1. The predicted octanol–water partition coefficient (Wildman–Crippen LogP) is 2.72. The summed E-state index contributed by atoms with van der Waals surface area (Å²) in [6, 6.07) is 12.1. The van der Waals surface area contributed by atoms with Crippen LogP contribution in [0.1, 0.15) is 11.3 Å². The summed E-state index contributed by atoms with van der Waals surface area (Å²) in [6.45, 7) is 0. The molecule has 1 heterocycles. The van der Waals surface area contributed by atoms with Gasteiger partial charge >= 0.3 is 0 Å². The first kappa shape index (κ1) is 11.5. The van der Waals surface area contributed by atoms with Crippen LogP contribution in [0.15, 0.2) is 42.6 Å². The van der Waals surface area contributed by atoms with Crippen LogP contribution in [0.4, 0.5) is 5.69 Å². The fourth-order valence-electron chi connectivity index (χ4n) is 1.63. The molecule has 0 aliphatic heterocycles. The SMILES string of the molecule is CNc1ccc(Cc2ccc(OC)cc2)nc1. The van der Waals surface area contributed by atoms with Gasteiger partial charge in [-0.15, -0.1) is 0 Å². The maximum absolute atomic E-state index is 5.13. The molecule has 0 fully saturated rings. The van der Waals surface area contributed by atoms with E-state index in [9.17, 15) is 0 Å². The lowest BCUT2D eigenvalue weighted by molar-refractivity contribution is 0.414. The molecule has 0 aliphatic carbocycles. The number of aromatic nitrogens is 1. The van der Waals surface area contributed by atoms with Gasteiger partial charge in [-0.3, -0.25) is 4.98 Å². The molecule has 0 amide bonds. The molecule has 0 aliphatic rings. The van der Waals surface area contributed by atoms with Crippen molar-refractivity contribution in [3.63, 3.8) is 0 Å². The van der Waals surface area contributed by atoms with Gasteiger partial charge in [0, 0.05) is 19.2 Å². The zero-order valence-corrected chi connectivity index (χ0v) is 10.1. The van der Waals surface area contributed by atoms with Crippen molar-refractivity contribution >= 4 is 5.69 Å². The summed E-state index contributed by atoms with van der Waals surface area (Å²) >= 11 is 0. The molecule has 0 bridgehead atoms. The van der Waals surface area contributed by atoms with Crippen molar-refractivity contribution in [3.8, 4) is 5.75 Å². The molecule has 3 heteroatoms. The van der Waals surface area contributed by atoms with Gasteiger partial charge in [-0.25, -0.2) is 0 Å². The minimum atomic E-state index is 0.841. The lowest BCUT2D eigenvalue weighted by Crippen LogP contribution is -1.94. The highest BCUT2D eigenvalue weighted by Crippen LogP contribution is 2.14. The highest BCUT2D eigenvalue weighted by atomic mass is 16.5. The average molecular weight is 228 g/mol. The summed E-state index contributed by atoms with van der Waals surface area (Å²) in [5.41, 5.74) is 3.33. The number of hydrogen-bond acceptors (Lipinski definition) is 3. The van der Waals surface area contributed by atoms with E-state index in [0.29, 0.717) is 0 Å². The molecule has 88 valence electrons. The van der Waals surface area contributed by atoms with Crippen molar-refractivity contribution in [3.05, 3.63) is 53.9 Å².